The number of fused-ring (bicyclic) bond motifs is 1. The molecule has 2 aromatic rings. The van der Waals surface area contributed by atoms with E-state index in [0.717, 1.165) is 37.4 Å². The predicted octanol–water partition coefficient (Wildman–Crippen LogP) is 3.00. The van der Waals surface area contributed by atoms with Gasteiger partial charge in [0.05, 0.1) is 5.52 Å². The number of benzene rings is 1. The number of rotatable bonds is 9. The van der Waals surface area contributed by atoms with Crippen LogP contribution in [-0.4, -0.2) is 41.6 Å². The molecule has 1 fully saturated rings. The van der Waals surface area contributed by atoms with Crippen molar-refractivity contribution in [2.75, 3.05) is 26.2 Å². The molecule has 1 aliphatic rings. The summed E-state index contributed by atoms with van der Waals surface area (Å²) in [6, 6.07) is 7.37. The molecule has 0 bridgehead atoms. The summed E-state index contributed by atoms with van der Waals surface area (Å²) in [6.07, 6.45) is 5.82. The molecule has 0 saturated carbocycles. The maximum atomic E-state index is 12.0. The summed E-state index contributed by atoms with van der Waals surface area (Å²) in [7, 11) is 0. The third-order valence-electron chi connectivity index (χ3n) is 5.46. The van der Waals surface area contributed by atoms with Crippen LogP contribution in [0.1, 0.15) is 45.4 Å². The van der Waals surface area contributed by atoms with Crippen molar-refractivity contribution < 1.29 is 9.21 Å². The molecule has 27 heavy (non-hydrogen) atoms. The number of amides is 1. The number of oxazole rings is 1. The highest BCUT2D eigenvalue weighted by Gasteiger charge is 2.14. The maximum Gasteiger partial charge on any atom is 0.419 e. The zero-order valence-electron chi connectivity index (χ0n) is 16.3. The number of carbonyl (C=O) groups excluding carboxylic acids is 1. The normalized spacial score (nSPS) is 16.0. The minimum Gasteiger partial charge on any atom is -0.408 e. The Kier molecular flexibility index (Phi) is 7.10. The van der Waals surface area contributed by atoms with Crippen molar-refractivity contribution in [1.29, 1.82) is 0 Å². The van der Waals surface area contributed by atoms with Crippen LogP contribution in [0.2, 0.25) is 0 Å². The number of piperidine rings is 1. The van der Waals surface area contributed by atoms with Crippen LogP contribution in [0.5, 0.6) is 0 Å². The Labute approximate surface area is 160 Å². The molecule has 3 rings (SSSR count). The van der Waals surface area contributed by atoms with Crippen molar-refractivity contribution in [3.05, 3.63) is 34.8 Å². The summed E-state index contributed by atoms with van der Waals surface area (Å²) in [5.41, 5.74) is 1.38. The van der Waals surface area contributed by atoms with Crippen LogP contribution in [0, 0.1) is 5.92 Å². The molecular formula is C21H31N3O3. The Balaban J connectivity index is 1.29. The highest BCUT2D eigenvalue weighted by Crippen LogP contribution is 2.16. The second-order valence-electron chi connectivity index (χ2n) is 7.67. The summed E-state index contributed by atoms with van der Waals surface area (Å²) in [5.74, 6) is 0.572. The van der Waals surface area contributed by atoms with E-state index in [4.69, 9.17) is 4.42 Å². The van der Waals surface area contributed by atoms with E-state index in [1.54, 1.807) is 10.6 Å². The number of likely N-dealkylation sites (tertiary alicyclic amines) is 1. The first-order chi connectivity index (χ1) is 13.1. The van der Waals surface area contributed by atoms with Gasteiger partial charge in [0, 0.05) is 19.5 Å². The number of carbonyl (C=O) groups is 1. The zero-order valence-corrected chi connectivity index (χ0v) is 16.3. The van der Waals surface area contributed by atoms with E-state index in [9.17, 15) is 9.59 Å². The summed E-state index contributed by atoms with van der Waals surface area (Å²) >= 11 is 0. The minimum absolute atomic E-state index is 0.0580. The molecule has 0 aliphatic carbocycles. The Morgan fingerprint density at radius 2 is 1.93 bits per heavy atom. The molecule has 1 amide bonds. The van der Waals surface area contributed by atoms with Crippen LogP contribution in [-0.2, 0) is 11.3 Å². The first-order valence-electron chi connectivity index (χ1n) is 10.2. The highest BCUT2D eigenvalue weighted by atomic mass is 16.4. The molecule has 1 N–H and O–H groups in total. The average molecular weight is 373 g/mol. The quantitative estimate of drug-likeness (QED) is 0.686. The SMILES string of the molecule is CC1CCN(CCCCNC(=O)CCCn2c(=O)oc3ccccc32)CC1. The van der Waals surface area contributed by atoms with Gasteiger partial charge in [-0.05, 0) is 69.8 Å². The first kappa shape index (κ1) is 19.7. The van der Waals surface area contributed by atoms with Crippen LogP contribution < -0.4 is 11.1 Å². The Morgan fingerprint density at radius 1 is 1.15 bits per heavy atom. The average Bonchev–Trinajstić information content (AvgIpc) is 2.98. The summed E-state index contributed by atoms with van der Waals surface area (Å²) < 4.78 is 6.81. The van der Waals surface area contributed by atoms with Gasteiger partial charge in [0.25, 0.3) is 0 Å². The zero-order chi connectivity index (χ0) is 19.1. The predicted molar refractivity (Wildman–Crippen MR) is 107 cm³/mol. The number of nitrogens with one attached hydrogen (secondary N) is 1. The van der Waals surface area contributed by atoms with Crippen LogP contribution >= 0.6 is 0 Å². The summed E-state index contributed by atoms with van der Waals surface area (Å²) in [4.78, 5) is 26.4. The molecule has 1 aromatic heterocycles. The van der Waals surface area contributed by atoms with E-state index in [1.807, 2.05) is 18.2 Å². The third-order valence-corrected chi connectivity index (χ3v) is 5.46. The van der Waals surface area contributed by atoms with Gasteiger partial charge >= 0.3 is 5.76 Å². The van der Waals surface area contributed by atoms with Gasteiger partial charge < -0.3 is 14.6 Å². The maximum absolute atomic E-state index is 12.0. The second kappa shape index (κ2) is 9.74. The molecule has 1 saturated heterocycles. The van der Waals surface area contributed by atoms with E-state index < -0.39 is 0 Å². The van der Waals surface area contributed by atoms with Gasteiger partial charge in [0.1, 0.15) is 0 Å². The van der Waals surface area contributed by atoms with Crippen molar-refractivity contribution in [3.63, 3.8) is 0 Å². The third kappa shape index (κ3) is 5.70. The van der Waals surface area contributed by atoms with E-state index in [-0.39, 0.29) is 11.7 Å². The van der Waals surface area contributed by atoms with Crippen molar-refractivity contribution in [2.45, 2.75) is 52.0 Å². The van der Waals surface area contributed by atoms with Gasteiger partial charge in [-0.2, -0.15) is 0 Å². The van der Waals surface area contributed by atoms with Crippen LogP contribution in [0.4, 0.5) is 0 Å². The highest BCUT2D eigenvalue weighted by molar-refractivity contribution is 5.76. The van der Waals surface area contributed by atoms with Crippen molar-refractivity contribution in [3.8, 4) is 0 Å². The molecule has 0 unspecified atom stereocenters. The first-order valence-corrected chi connectivity index (χ1v) is 10.2. The van der Waals surface area contributed by atoms with Gasteiger partial charge in [0.2, 0.25) is 5.91 Å². The number of aromatic nitrogens is 1. The van der Waals surface area contributed by atoms with Crippen LogP contribution in [0.3, 0.4) is 0 Å². The fraction of sp³-hybridized carbons (Fsp3) is 0.619. The van der Waals surface area contributed by atoms with Gasteiger partial charge in [-0.3, -0.25) is 9.36 Å². The van der Waals surface area contributed by atoms with E-state index in [1.165, 1.54) is 25.9 Å². The topological polar surface area (TPSA) is 67.5 Å². The standard InChI is InChI=1S/C21H31N3O3/c1-17-10-15-23(16-11-17)13-5-4-12-22-20(25)9-6-14-24-18-7-2-3-8-19(18)27-21(24)26/h2-3,7-8,17H,4-6,9-16H2,1H3,(H,22,25). The Hall–Kier alpha value is -2.08. The molecule has 0 atom stereocenters. The smallest absolute Gasteiger partial charge is 0.408 e. The number of unbranched alkanes of at least 4 members (excludes halogenated alkanes) is 1. The molecule has 2 heterocycles. The lowest BCUT2D eigenvalue weighted by atomic mass is 9.99. The number of para-hydroxylation sites is 2. The molecule has 148 valence electrons. The van der Waals surface area contributed by atoms with Crippen LogP contribution in [0.15, 0.2) is 33.5 Å². The van der Waals surface area contributed by atoms with Crippen molar-refractivity contribution in [1.82, 2.24) is 14.8 Å². The number of nitrogens with zero attached hydrogens (tertiary/aromatic N) is 2. The van der Waals surface area contributed by atoms with Crippen molar-refractivity contribution in [2.24, 2.45) is 5.92 Å². The fourth-order valence-corrected chi connectivity index (χ4v) is 3.69. The van der Waals surface area contributed by atoms with Crippen molar-refractivity contribution >= 4 is 17.0 Å². The Morgan fingerprint density at radius 3 is 2.74 bits per heavy atom. The lowest BCUT2D eigenvalue weighted by Crippen LogP contribution is -2.34. The number of hydrogen-bond donors (Lipinski definition) is 1. The van der Waals surface area contributed by atoms with E-state index in [2.05, 4.69) is 17.1 Å². The van der Waals surface area contributed by atoms with Gasteiger partial charge in [0.15, 0.2) is 5.58 Å². The monoisotopic (exact) mass is 373 g/mol. The second-order valence-corrected chi connectivity index (χ2v) is 7.67. The lowest BCUT2D eigenvalue weighted by molar-refractivity contribution is -0.121. The molecular weight excluding hydrogens is 342 g/mol. The number of aryl methyl sites for hydroxylation is 1. The van der Waals surface area contributed by atoms with Gasteiger partial charge in [-0.1, -0.05) is 19.1 Å². The minimum atomic E-state index is -0.358. The van der Waals surface area contributed by atoms with Gasteiger partial charge in [-0.15, -0.1) is 0 Å². The largest absolute Gasteiger partial charge is 0.419 e. The van der Waals surface area contributed by atoms with Gasteiger partial charge in [-0.25, -0.2) is 4.79 Å². The molecule has 1 aliphatic heterocycles. The molecule has 6 heteroatoms. The van der Waals surface area contributed by atoms with E-state index in [0.29, 0.717) is 25.0 Å². The Bertz CT molecular complexity index is 787. The molecule has 1 aromatic carbocycles. The molecule has 0 radical (unpaired) electrons. The van der Waals surface area contributed by atoms with E-state index >= 15 is 0 Å². The summed E-state index contributed by atoms with van der Waals surface area (Å²) in [6.45, 7) is 7.14. The fourth-order valence-electron chi connectivity index (χ4n) is 3.69. The molecule has 0 spiro atoms. The lowest BCUT2D eigenvalue weighted by Gasteiger charge is -2.30. The van der Waals surface area contributed by atoms with Crippen LogP contribution in [0.25, 0.3) is 11.1 Å². The summed E-state index contributed by atoms with van der Waals surface area (Å²) in [5, 5.41) is 2.99. The molecule has 6 nitrogen and oxygen atoms in total. The number of hydrogen-bond acceptors (Lipinski definition) is 4.